The van der Waals surface area contributed by atoms with Gasteiger partial charge in [0.2, 0.25) is 0 Å². The summed E-state index contributed by atoms with van der Waals surface area (Å²) < 4.78 is 12.7. The van der Waals surface area contributed by atoms with Crippen LogP contribution in [0.2, 0.25) is 0 Å². The fourth-order valence-electron chi connectivity index (χ4n) is 1.67. The maximum atomic E-state index is 5.20. The SMILES string of the molecule is COCCn1c(-c2ccc(OC)cc2)n[nH]c1=S. The van der Waals surface area contributed by atoms with Crippen molar-refractivity contribution in [2.45, 2.75) is 6.54 Å². The number of rotatable bonds is 5. The van der Waals surface area contributed by atoms with Gasteiger partial charge in [0, 0.05) is 12.7 Å². The van der Waals surface area contributed by atoms with Crippen LogP contribution < -0.4 is 4.74 Å². The fourth-order valence-corrected chi connectivity index (χ4v) is 1.89. The molecule has 0 radical (unpaired) electrons. The van der Waals surface area contributed by atoms with E-state index < -0.39 is 0 Å². The maximum absolute atomic E-state index is 5.20. The summed E-state index contributed by atoms with van der Waals surface area (Å²) >= 11 is 5.20. The van der Waals surface area contributed by atoms with Crippen molar-refractivity contribution < 1.29 is 9.47 Å². The second kappa shape index (κ2) is 5.79. The molecule has 0 bridgehead atoms. The Bertz CT molecular complexity index is 559. The van der Waals surface area contributed by atoms with Crippen LogP contribution in [0.15, 0.2) is 24.3 Å². The molecule has 96 valence electrons. The molecule has 1 aromatic heterocycles. The predicted molar refractivity (Wildman–Crippen MR) is 71.3 cm³/mol. The molecule has 0 saturated carbocycles. The molecule has 0 saturated heterocycles. The highest BCUT2D eigenvalue weighted by Gasteiger charge is 2.08. The van der Waals surface area contributed by atoms with Crippen molar-refractivity contribution in [3.63, 3.8) is 0 Å². The highest BCUT2D eigenvalue weighted by atomic mass is 32.1. The van der Waals surface area contributed by atoms with Crippen molar-refractivity contribution in [2.75, 3.05) is 20.8 Å². The number of hydrogen-bond donors (Lipinski definition) is 1. The van der Waals surface area contributed by atoms with Gasteiger partial charge < -0.3 is 9.47 Å². The van der Waals surface area contributed by atoms with Crippen molar-refractivity contribution in [3.8, 4) is 17.1 Å². The first-order chi connectivity index (χ1) is 8.76. The van der Waals surface area contributed by atoms with E-state index in [0.717, 1.165) is 17.1 Å². The molecule has 0 spiro atoms. The molecule has 0 atom stereocenters. The van der Waals surface area contributed by atoms with E-state index in [1.54, 1.807) is 14.2 Å². The predicted octanol–water partition coefficient (Wildman–Crippen LogP) is 2.26. The van der Waals surface area contributed by atoms with Gasteiger partial charge in [0.25, 0.3) is 0 Å². The van der Waals surface area contributed by atoms with E-state index in [1.165, 1.54) is 0 Å². The van der Waals surface area contributed by atoms with Gasteiger partial charge in [-0.3, -0.25) is 9.67 Å². The van der Waals surface area contributed by atoms with Crippen LogP contribution in [0.1, 0.15) is 0 Å². The molecule has 6 heteroatoms. The first-order valence-corrected chi connectivity index (χ1v) is 5.95. The summed E-state index contributed by atoms with van der Waals surface area (Å²) in [7, 11) is 3.31. The van der Waals surface area contributed by atoms with Crippen molar-refractivity contribution in [2.24, 2.45) is 0 Å². The van der Waals surface area contributed by atoms with E-state index in [9.17, 15) is 0 Å². The molecule has 0 unspecified atom stereocenters. The minimum Gasteiger partial charge on any atom is -0.497 e. The number of H-pyrrole nitrogens is 1. The Hall–Kier alpha value is -1.66. The van der Waals surface area contributed by atoms with Crippen LogP contribution >= 0.6 is 12.2 Å². The topological polar surface area (TPSA) is 52.1 Å². The molecular weight excluding hydrogens is 250 g/mol. The summed E-state index contributed by atoms with van der Waals surface area (Å²) in [6.07, 6.45) is 0. The van der Waals surface area contributed by atoms with Crippen LogP contribution in [0.3, 0.4) is 0 Å². The molecule has 0 fully saturated rings. The zero-order valence-electron chi connectivity index (χ0n) is 10.3. The Morgan fingerprint density at radius 3 is 2.61 bits per heavy atom. The van der Waals surface area contributed by atoms with Crippen molar-refractivity contribution >= 4 is 12.2 Å². The van der Waals surface area contributed by atoms with Crippen LogP contribution in [0, 0.1) is 4.77 Å². The van der Waals surface area contributed by atoms with E-state index in [-0.39, 0.29) is 0 Å². The van der Waals surface area contributed by atoms with E-state index in [4.69, 9.17) is 21.7 Å². The quantitative estimate of drug-likeness (QED) is 0.843. The summed E-state index contributed by atoms with van der Waals surface area (Å²) in [5, 5.41) is 7.05. The van der Waals surface area contributed by atoms with Crippen LogP contribution in [-0.4, -0.2) is 35.6 Å². The van der Waals surface area contributed by atoms with Gasteiger partial charge in [0.1, 0.15) is 5.75 Å². The molecule has 0 aliphatic carbocycles. The number of nitrogens with one attached hydrogen (secondary N) is 1. The van der Waals surface area contributed by atoms with Gasteiger partial charge in [0.15, 0.2) is 10.6 Å². The third-order valence-electron chi connectivity index (χ3n) is 2.63. The minimum absolute atomic E-state index is 0.594. The third kappa shape index (κ3) is 2.60. The molecular formula is C12H15N3O2S. The third-order valence-corrected chi connectivity index (χ3v) is 2.94. The van der Waals surface area contributed by atoms with Crippen LogP contribution in [-0.2, 0) is 11.3 Å². The first-order valence-electron chi connectivity index (χ1n) is 5.55. The summed E-state index contributed by atoms with van der Waals surface area (Å²) in [4.78, 5) is 0. The fraction of sp³-hybridized carbons (Fsp3) is 0.333. The van der Waals surface area contributed by atoms with Gasteiger partial charge in [-0.25, -0.2) is 0 Å². The molecule has 0 amide bonds. The van der Waals surface area contributed by atoms with E-state index in [0.29, 0.717) is 17.9 Å². The van der Waals surface area contributed by atoms with Crippen LogP contribution in [0.4, 0.5) is 0 Å². The average Bonchev–Trinajstić information content (AvgIpc) is 2.78. The van der Waals surface area contributed by atoms with Gasteiger partial charge in [-0.1, -0.05) is 0 Å². The molecule has 2 aromatic rings. The van der Waals surface area contributed by atoms with Gasteiger partial charge in [-0.2, -0.15) is 5.10 Å². The molecule has 0 aliphatic rings. The van der Waals surface area contributed by atoms with Gasteiger partial charge in [-0.05, 0) is 36.5 Å². The summed E-state index contributed by atoms with van der Waals surface area (Å²) in [6.45, 7) is 1.27. The number of aromatic amines is 1. The largest absolute Gasteiger partial charge is 0.497 e. The average molecular weight is 265 g/mol. The monoisotopic (exact) mass is 265 g/mol. The molecule has 1 heterocycles. The zero-order valence-corrected chi connectivity index (χ0v) is 11.2. The lowest BCUT2D eigenvalue weighted by molar-refractivity contribution is 0.187. The first kappa shape index (κ1) is 12.8. The summed E-state index contributed by atoms with van der Waals surface area (Å²) in [6, 6.07) is 7.70. The Morgan fingerprint density at radius 1 is 1.28 bits per heavy atom. The highest BCUT2D eigenvalue weighted by Crippen LogP contribution is 2.20. The number of benzene rings is 1. The Balaban J connectivity index is 2.34. The maximum Gasteiger partial charge on any atom is 0.195 e. The zero-order chi connectivity index (χ0) is 13.0. The van der Waals surface area contributed by atoms with E-state index >= 15 is 0 Å². The lowest BCUT2D eigenvalue weighted by Crippen LogP contribution is -2.06. The second-order valence-electron chi connectivity index (χ2n) is 3.73. The molecule has 1 aromatic carbocycles. The molecule has 18 heavy (non-hydrogen) atoms. The van der Waals surface area contributed by atoms with Gasteiger partial charge >= 0.3 is 0 Å². The Morgan fingerprint density at radius 2 is 2.00 bits per heavy atom. The summed E-state index contributed by atoms with van der Waals surface area (Å²) in [5.41, 5.74) is 0.985. The molecule has 0 aliphatic heterocycles. The Labute approximate surface area is 110 Å². The van der Waals surface area contributed by atoms with Crippen LogP contribution in [0.5, 0.6) is 5.75 Å². The molecule has 1 N–H and O–H groups in total. The van der Waals surface area contributed by atoms with Crippen molar-refractivity contribution in [3.05, 3.63) is 29.0 Å². The molecule has 5 nitrogen and oxygen atoms in total. The summed E-state index contributed by atoms with van der Waals surface area (Å²) in [5.74, 6) is 1.62. The Kier molecular flexibility index (Phi) is 4.11. The lowest BCUT2D eigenvalue weighted by atomic mass is 10.2. The van der Waals surface area contributed by atoms with Crippen molar-refractivity contribution in [1.29, 1.82) is 0 Å². The number of nitrogens with zero attached hydrogens (tertiary/aromatic N) is 2. The normalized spacial score (nSPS) is 10.6. The smallest absolute Gasteiger partial charge is 0.195 e. The van der Waals surface area contributed by atoms with Gasteiger partial charge in [0.05, 0.1) is 20.3 Å². The second-order valence-corrected chi connectivity index (χ2v) is 4.11. The number of aromatic nitrogens is 3. The number of methoxy groups -OCH3 is 2. The number of hydrogen-bond acceptors (Lipinski definition) is 4. The van der Waals surface area contributed by atoms with E-state index in [2.05, 4.69) is 10.2 Å². The van der Waals surface area contributed by atoms with E-state index in [1.807, 2.05) is 28.8 Å². The van der Waals surface area contributed by atoms with Crippen molar-refractivity contribution in [1.82, 2.24) is 14.8 Å². The van der Waals surface area contributed by atoms with Crippen LogP contribution in [0.25, 0.3) is 11.4 Å². The standard InChI is InChI=1S/C12H15N3O2S/c1-16-8-7-15-11(13-14-12(15)18)9-3-5-10(17-2)6-4-9/h3-6H,7-8H2,1-2H3,(H,14,18). The minimum atomic E-state index is 0.594. The van der Waals surface area contributed by atoms with Gasteiger partial charge in [-0.15, -0.1) is 0 Å². The highest BCUT2D eigenvalue weighted by molar-refractivity contribution is 7.71. The number of ether oxygens (including phenoxy) is 2. The molecule has 2 rings (SSSR count). The lowest BCUT2D eigenvalue weighted by Gasteiger charge is -2.06.